The van der Waals surface area contributed by atoms with Gasteiger partial charge in [-0.15, -0.1) is 0 Å². The van der Waals surface area contributed by atoms with Crippen molar-refractivity contribution in [3.63, 3.8) is 0 Å². The van der Waals surface area contributed by atoms with Crippen molar-refractivity contribution in [2.45, 2.75) is 64.3 Å². The second-order valence-corrected chi connectivity index (χ2v) is 10.2. The number of carbonyl (C=O) groups excluding carboxylic acids is 1. The summed E-state index contributed by atoms with van der Waals surface area (Å²) >= 11 is 0. The molecule has 2 aromatic carbocycles. The van der Waals surface area contributed by atoms with Gasteiger partial charge in [-0.25, -0.2) is 0 Å². The summed E-state index contributed by atoms with van der Waals surface area (Å²) < 4.78 is 0. The van der Waals surface area contributed by atoms with Crippen molar-refractivity contribution in [3.05, 3.63) is 111 Å². The Kier molecular flexibility index (Phi) is 7.16. The van der Waals surface area contributed by atoms with E-state index in [2.05, 4.69) is 73.5 Å². The second kappa shape index (κ2) is 10.3. The normalized spacial score (nSPS) is 16.5. The lowest BCUT2D eigenvalue weighted by atomic mass is 9.86. The number of rotatable bonds is 7. The van der Waals surface area contributed by atoms with Crippen LogP contribution in [-0.2, 0) is 23.1 Å². The number of hydrogen-bond acceptors (Lipinski definition) is 2. The number of H-pyrrole nitrogens is 1. The Labute approximate surface area is 202 Å². The van der Waals surface area contributed by atoms with Gasteiger partial charge in [-0.05, 0) is 53.9 Å². The predicted octanol–water partition coefficient (Wildman–Crippen LogP) is 5.56. The zero-order chi connectivity index (χ0) is 24.1. The second-order valence-electron chi connectivity index (χ2n) is 10.2. The summed E-state index contributed by atoms with van der Waals surface area (Å²) in [7, 11) is 0. The molecule has 1 saturated heterocycles. The minimum Gasteiger partial charge on any atom is -0.350 e. The highest BCUT2D eigenvalue weighted by Gasteiger charge is 2.21. The Bertz CT molecular complexity index is 1220. The molecule has 0 spiro atoms. The van der Waals surface area contributed by atoms with Crippen LogP contribution in [0.4, 0.5) is 0 Å². The van der Waals surface area contributed by atoms with Gasteiger partial charge in [0.2, 0.25) is 5.91 Å². The molecule has 4 heteroatoms. The van der Waals surface area contributed by atoms with Crippen molar-refractivity contribution in [1.82, 2.24) is 10.3 Å². The highest BCUT2D eigenvalue weighted by molar-refractivity contribution is 5.82. The summed E-state index contributed by atoms with van der Waals surface area (Å²) in [5.74, 6) is 0.0749. The Balaban J connectivity index is 1.58. The lowest BCUT2D eigenvalue weighted by Crippen LogP contribution is -2.24. The first-order chi connectivity index (χ1) is 16.3. The van der Waals surface area contributed by atoms with E-state index in [0.29, 0.717) is 6.42 Å². The van der Waals surface area contributed by atoms with Crippen LogP contribution < -0.4 is 10.9 Å². The quantitative estimate of drug-likeness (QED) is 0.491. The van der Waals surface area contributed by atoms with Crippen molar-refractivity contribution < 1.29 is 4.79 Å². The first-order valence-corrected chi connectivity index (χ1v) is 12.2. The number of pyridine rings is 1. The molecular weight excluding hydrogens is 420 g/mol. The van der Waals surface area contributed by atoms with Crippen LogP contribution in [0.15, 0.2) is 77.6 Å². The van der Waals surface area contributed by atoms with Crippen molar-refractivity contribution >= 4 is 11.5 Å². The summed E-state index contributed by atoms with van der Waals surface area (Å²) in [5.41, 5.74) is 6.13. The van der Waals surface area contributed by atoms with Gasteiger partial charge in [-0.2, -0.15) is 0 Å². The molecule has 1 aliphatic rings. The molecular formula is C30H34N2O2. The minimum absolute atomic E-state index is 0.0288. The van der Waals surface area contributed by atoms with Gasteiger partial charge in [0.15, 0.2) is 0 Å². The third-order valence-corrected chi connectivity index (χ3v) is 6.49. The highest BCUT2D eigenvalue weighted by atomic mass is 16.2. The van der Waals surface area contributed by atoms with Gasteiger partial charge in [-0.1, -0.05) is 87.5 Å². The van der Waals surface area contributed by atoms with E-state index in [1.165, 1.54) is 11.1 Å². The third kappa shape index (κ3) is 5.93. The van der Waals surface area contributed by atoms with Crippen molar-refractivity contribution in [3.8, 4) is 0 Å². The van der Waals surface area contributed by atoms with Crippen LogP contribution in [0.5, 0.6) is 0 Å². The molecule has 3 aromatic rings. The van der Waals surface area contributed by atoms with Crippen LogP contribution in [0.3, 0.4) is 0 Å². The molecule has 1 amide bonds. The van der Waals surface area contributed by atoms with Crippen molar-refractivity contribution in [2.75, 3.05) is 0 Å². The molecule has 2 N–H and O–H groups in total. The molecule has 1 aromatic heterocycles. The molecule has 176 valence electrons. The number of aromatic nitrogens is 1. The molecule has 2 heterocycles. The van der Waals surface area contributed by atoms with E-state index in [1.54, 1.807) is 0 Å². The number of nitrogens with one attached hydrogen (secondary N) is 2. The number of carbonyl (C=O) groups is 1. The van der Waals surface area contributed by atoms with Gasteiger partial charge in [0, 0.05) is 29.3 Å². The van der Waals surface area contributed by atoms with Crippen LogP contribution in [0.25, 0.3) is 5.57 Å². The summed E-state index contributed by atoms with van der Waals surface area (Å²) in [6.45, 7) is 6.59. The van der Waals surface area contributed by atoms with Crippen LogP contribution in [0.1, 0.15) is 68.0 Å². The van der Waals surface area contributed by atoms with Gasteiger partial charge < -0.3 is 10.3 Å². The highest BCUT2D eigenvalue weighted by Crippen LogP contribution is 2.28. The first kappa shape index (κ1) is 23.7. The van der Waals surface area contributed by atoms with Gasteiger partial charge in [0.25, 0.3) is 5.56 Å². The van der Waals surface area contributed by atoms with Crippen LogP contribution >= 0.6 is 0 Å². The van der Waals surface area contributed by atoms with E-state index in [0.717, 1.165) is 48.1 Å². The number of aryl methyl sites for hydroxylation is 2. The Morgan fingerprint density at radius 2 is 1.68 bits per heavy atom. The molecule has 0 bridgehead atoms. The summed E-state index contributed by atoms with van der Waals surface area (Å²) in [6.07, 6.45) is 6.00. The van der Waals surface area contributed by atoms with E-state index in [1.807, 2.05) is 30.3 Å². The van der Waals surface area contributed by atoms with Crippen molar-refractivity contribution in [2.24, 2.45) is 0 Å². The third-order valence-electron chi connectivity index (χ3n) is 6.49. The molecule has 4 rings (SSSR count). The standard InChI is InChI=1S/C30H34N2O2/c1-30(2,3)24-15-12-22(13-16-24)26(20-25-17-19-28(33)31-25)27-18-14-23(29(34)32-27)11-7-10-21-8-5-4-6-9-21/h4-6,8-9,12-16,18,20,25H,7,10-11,17,19H2,1-3H3,(H,31,33)(H,32,34)/b26-20+/t25-/m1/s1. The van der Waals surface area contributed by atoms with Gasteiger partial charge in [-0.3, -0.25) is 9.59 Å². The molecule has 0 saturated carbocycles. The monoisotopic (exact) mass is 454 g/mol. The van der Waals surface area contributed by atoms with Crippen LogP contribution in [0, 0.1) is 0 Å². The van der Waals surface area contributed by atoms with E-state index in [9.17, 15) is 9.59 Å². The zero-order valence-electron chi connectivity index (χ0n) is 20.4. The molecule has 0 aliphatic carbocycles. The molecule has 0 unspecified atom stereocenters. The summed E-state index contributed by atoms with van der Waals surface area (Å²) in [6, 6.07) is 22.8. The van der Waals surface area contributed by atoms with Gasteiger partial charge in [0.1, 0.15) is 0 Å². The Morgan fingerprint density at radius 1 is 0.941 bits per heavy atom. The van der Waals surface area contributed by atoms with E-state index < -0.39 is 0 Å². The molecule has 34 heavy (non-hydrogen) atoms. The molecule has 1 atom stereocenters. The topological polar surface area (TPSA) is 62.0 Å². The molecule has 1 fully saturated rings. The SMILES string of the molecule is CC(C)(C)c1ccc(/C(=C\[C@H]2CCC(=O)N2)c2ccc(CCCc3ccccc3)c(=O)[nH]2)cc1. The lowest BCUT2D eigenvalue weighted by molar-refractivity contribution is -0.119. The Morgan fingerprint density at radius 3 is 2.29 bits per heavy atom. The average Bonchev–Trinajstić information content (AvgIpc) is 3.23. The van der Waals surface area contributed by atoms with Crippen LogP contribution in [0.2, 0.25) is 0 Å². The van der Waals surface area contributed by atoms with E-state index >= 15 is 0 Å². The van der Waals surface area contributed by atoms with Crippen LogP contribution in [-0.4, -0.2) is 16.9 Å². The fourth-order valence-corrected chi connectivity index (χ4v) is 4.44. The number of aromatic amines is 1. The van der Waals surface area contributed by atoms with Gasteiger partial charge >= 0.3 is 0 Å². The summed E-state index contributed by atoms with van der Waals surface area (Å²) in [4.78, 5) is 27.8. The lowest BCUT2D eigenvalue weighted by Gasteiger charge is -2.20. The molecule has 0 radical (unpaired) electrons. The molecule has 1 aliphatic heterocycles. The fraction of sp³-hybridized carbons (Fsp3) is 0.333. The number of hydrogen-bond donors (Lipinski definition) is 2. The number of amides is 1. The predicted molar refractivity (Wildman–Crippen MR) is 139 cm³/mol. The maximum atomic E-state index is 12.9. The minimum atomic E-state index is -0.0433. The van der Waals surface area contributed by atoms with Gasteiger partial charge in [0.05, 0.1) is 0 Å². The largest absolute Gasteiger partial charge is 0.350 e. The fourth-order valence-electron chi connectivity index (χ4n) is 4.44. The summed E-state index contributed by atoms with van der Waals surface area (Å²) in [5, 5.41) is 3.02. The first-order valence-electron chi connectivity index (χ1n) is 12.2. The molecule has 4 nitrogen and oxygen atoms in total. The smallest absolute Gasteiger partial charge is 0.251 e. The van der Waals surface area contributed by atoms with Crippen molar-refractivity contribution in [1.29, 1.82) is 0 Å². The average molecular weight is 455 g/mol. The number of benzene rings is 2. The maximum Gasteiger partial charge on any atom is 0.251 e. The zero-order valence-corrected chi connectivity index (χ0v) is 20.4. The Hall–Kier alpha value is -3.40. The van der Waals surface area contributed by atoms with E-state index in [-0.39, 0.29) is 22.9 Å². The maximum absolute atomic E-state index is 12.9. The van der Waals surface area contributed by atoms with E-state index in [4.69, 9.17) is 0 Å².